The molecule has 4 saturated heterocycles. The van der Waals surface area contributed by atoms with E-state index in [2.05, 4.69) is 88.2 Å². The summed E-state index contributed by atoms with van der Waals surface area (Å²) in [6.45, 7) is 12.3. The highest BCUT2D eigenvalue weighted by atomic mass is 19.4. The number of nitrogens with two attached hydrogens (primary N) is 8. The Bertz CT molecular complexity index is 7530. The minimum absolute atomic E-state index is 0.0106. The average Bonchev–Trinajstić information content (AvgIpc) is 1.59. The number of anilines is 4. The zero-order chi connectivity index (χ0) is 106. The zero-order valence-electron chi connectivity index (χ0n) is 80.6. The topological polar surface area (TPSA) is 500 Å². The second-order valence-electron chi connectivity index (χ2n) is 38.9. The molecule has 8 aromatic heterocycles. The molecule has 4 aliphatic heterocycles. The van der Waals surface area contributed by atoms with Crippen molar-refractivity contribution in [3.05, 3.63) is 213 Å². The summed E-state index contributed by atoms with van der Waals surface area (Å²) in [6.07, 6.45) is 12.5. The molecule has 0 unspecified atom stereocenters. The van der Waals surface area contributed by atoms with Crippen LogP contribution in [0.3, 0.4) is 0 Å². The first-order valence-electron chi connectivity index (χ1n) is 47.3. The molecule has 4 saturated carbocycles. The number of nitrogens with zero attached hydrogens (tertiary/aromatic N) is 20. The quantitative estimate of drug-likeness (QED) is 0.0259. The van der Waals surface area contributed by atoms with Gasteiger partial charge >= 0.3 is 12.4 Å². The van der Waals surface area contributed by atoms with Gasteiger partial charge in [0.1, 0.15) is 91.6 Å². The number of rotatable bonds is 20. The summed E-state index contributed by atoms with van der Waals surface area (Å²) >= 11 is 0. The standard InChI is InChI=1S/2C26H25F4N7O2.2C25H26FN7O2/c1-2-3-20(38)35-5-4-25(14-35)9-19(10-25)37-23(31)21(24(32)39)22(34-37)16-11-33-36(13-16)12-15-6-17(26(28,29)30)8-18(27)7-15;1-2-3-20(38)35-7-6-25(14-35)9-17(10-25)37-23(31)21(24(32)39)22(34-37)16-11-33-36(13-16)12-15-4-5-19(27)18(8-15)26(28,29)30;1-2-4-20(34)31-8-7-25(15-31)10-19(11-25)33-23(27)21(24(28)35)22(30-33)17-12-29-32(14-17)13-16-5-3-6-18(26)9-16;1-2-3-20(34)31-9-8-25(15-31)10-19(11-25)33-23(27)21(24(28)35)22(30-33)17-12-29-32(14-17)13-16-4-6-18(26)7-5-16/h6-8,11,13,19H,4-5,9-10,12,14,31H2,1H3,(H2,32,39);4-5,8,11,13,17H,6-7,9-10,12,14,31H2,1H3,(H2,32,39);3,5-6,9,12,14,19H,7-8,10-11,13,15,27H2,1H3,(H2,28,35);4-7,12,14,19H,8-11,13,15,27H2,1H3,(H2,28,35). The highest BCUT2D eigenvalue weighted by Gasteiger charge is 2.56. The molecule has 20 rings (SSSR count). The van der Waals surface area contributed by atoms with E-state index in [4.69, 9.17) is 45.9 Å². The van der Waals surface area contributed by atoms with Crippen molar-refractivity contribution >= 4 is 70.5 Å². The van der Waals surface area contributed by atoms with Crippen molar-refractivity contribution in [1.29, 1.82) is 0 Å². The van der Waals surface area contributed by atoms with Gasteiger partial charge in [-0.15, -0.1) is 0 Å². The maximum absolute atomic E-state index is 13.8. The Kier molecular flexibility index (Phi) is 28.1. The molecule has 0 radical (unpaired) electrons. The predicted octanol–water partition coefficient (Wildman–Crippen LogP) is 10.8. The molecule has 0 bridgehead atoms. The van der Waals surface area contributed by atoms with Crippen LogP contribution in [0.1, 0.15) is 204 Å². The van der Waals surface area contributed by atoms with Gasteiger partial charge in [0.05, 0.1) is 86.3 Å². The maximum Gasteiger partial charge on any atom is 0.419 e. The first-order chi connectivity index (χ1) is 70.4. The molecule has 12 aromatic rings. The van der Waals surface area contributed by atoms with E-state index in [1.807, 2.05) is 6.07 Å². The van der Waals surface area contributed by atoms with Crippen LogP contribution in [-0.4, -0.2) is 197 Å². The normalized spacial score (nSPS) is 20.7. The Morgan fingerprint density at radius 1 is 0.351 bits per heavy atom. The van der Waals surface area contributed by atoms with Gasteiger partial charge in [-0.3, -0.25) is 57.1 Å². The van der Waals surface area contributed by atoms with Gasteiger partial charge in [0.25, 0.3) is 47.3 Å². The molecule has 12 heterocycles. The molecule has 148 heavy (non-hydrogen) atoms. The fourth-order valence-corrected chi connectivity index (χ4v) is 21.7. The van der Waals surface area contributed by atoms with E-state index in [1.54, 1.807) is 118 Å². The van der Waals surface area contributed by atoms with E-state index in [1.165, 1.54) is 64.5 Å². The van der Waals surface area contributed by atoms with Gasteiger partial charge in [0.2, 0.25) is 0 Å². The van der Waals surface area contributed by atoms with Gasteiger partial charge < -0.3 is 65.5 Å². The van der Waals surface area contributed by atoms with Crippen molar-refractivity contribution in [2.75, 3.05) is 75.3 Å². The van der Waals surface area contributed by atoms with Gasteiger partial charge in [-0.05, 0) is 227 Å². The lowest BCUT2D eigenvalue weighted by molar-refractivity contribution is -0.140. The number of benzene rings is 4. The van der Waals surface area contributed by atoms with Crippen LogP contribution in [0.25, 0.3) is 45.0 Å². The number of carbonyl (C=O) groups is 8. The third-order valence-corrected chi connectivity index (χ3v) is 28.8. The molecule has 4 aliphatic carbocycles. The molecule has 4 aromatic carbocycles. The van der Waals surface area contributed by atoms with E-state index in [9.17, 15) is 82.3 Å². The number of carbonyl (C=O) groups excluding carboxylic acids is 8. The minimum atomic E-state index is -4.83. The van der Waals surface area contributed by atoms with Crippen LogP contribution in [0, 0.1) is 92.3 Å². The van der Waals surface area contributed by atoms with Crippen LogP contribution in [-0.2, 0) is 57.7 Å². The van der Waals surface area contributed by atoms with Crippen molar-refractivity contribution in [2.24, 2.45) is 44.6 Å². The molecule has 8 aliphatic rings. The molecule has 768 valence electrons. The van der Waals surface area contributed by atoms with E-state index >= 15 is 0 Å². The summed E-state index contributed by atoms with van der Waals surface area (Å²) in [4.78, 5) is 105. The Balaban J connectivity index is 0.000000135. The molecule has 46 heteroatoms. The summed E-state index contributed by atoms with van der Waals surface area (Å²) in [5, 5.41) is 35.5. The number of alkyl halides is 6. The van der Waals surface area contributed by atoms with E-state index in [-0.39, 0.29) is 162 Å². The third kappa shape index (κ3) is 21.2. The first-order valence-corrected chi connectivity index (χ1v) is 47.3. The summed E-state index contributed by atoms with van der Waals surface area (Å²) in [7, 11) is 0. The van der Waals surface area contributed by atoms with E-state index in [0.29, 0.717) is 131 Å². The van der Waals surface area contributed by atoms with Gasteiger partial charge in [-0.1, -0.05) is 54.0 Å². The molecular formula is C102H102F10N28O8. The smallest absolute Gasteiger partial charge is 0.383 e. The molecular weight excluding hydrogens is 1940 g/mol. The minimum Gasteiger partial charge on any atom is -0.383 e. The van der Waals surface area contributed by atoms with Crippen molar-refractivity contribution < 1.29 is 82.3 Å². The largest absolute Gasteiger partial charge is 0.419 e. The van der Waals surface area contributed by atoms with Crippen LogP contribution in [0.4, 0.5) is 67.2 Å². The van der Waals surface area contributed by atoms with Crippen molar-refractivity contribution in [2.45, 2.75) is 167 Å². The van der Waals surface area contributed by atoms with E-state index < -0.39 is 58.7 Å². The number of aromatic nitrogens is 16. The third-order valence-electron chi connectivity index (χ3n) is 28.8. The van der Waals surface area contributed by atoms with E-state index in [0.717, 1.165) is 86.8 Å². The fourth-order valence-electron chi connectivity index (χ4n) is 21.7. The SMILES string of the molecule is CC#CC(=O)N1CCC2(CC(n3nc(-c4cnn(Cc5cc(F)cc(C(F)(F)F)c5)c4)c(C(N)=O)c3N)C2)C1.CC#CC(=O)N1CCC2(CC(n3nc(-c4cnn(Cc5ccc(F)c(C(F)(F)F)c5)c4)c(C(N)=O)c3N)C2)C1.CC#CC(=O)N1CCC2(CC(n3nc(-c4cnn(Cc5ccc(F)cc5)c4)c(C(N)=O)c3N)C2)C1.CC#CC(=O)N1CCC2(CC(n3nc(-c4cnn(Cc5cccc(F)c5)c4)c(C(N)=O)c3N)C2)C1. The molecule has 16 N–H and O–H groups in total. The summed E-state index contributed by atoms with van der Waals surface area (Å²) in [6, 6.07) is 17.3. The highest BCUT2D eigenvalue weighted by Crippen LogP contribution is 2.59. The first kappa shape index (κ1) is 103. The Morgan fingerprint density at radius 2 is 0.642 bits per heavy atom. The van der Waals surface area contributed by atoms with Gasteiger partial charge in [-0.25, -0.2) is 36.3 Å². The number of amides is 8. The maximum atomic E-state index is 13.8. The number of halogens is 10. The Labute approximate surface area is 839 Å². The highest BCUT2D eigenvalue weighted by molar-refractivity contribution is 6.06. The molecule has 8 amide bonds. The lowest BCUT2D eigenvalue weighted by Gasteiger charge is -2.45. The Morgan fingerprint density at radius 3 is 0.932 bits per heavy atom. The van der Waals surface area contributed by atoms with Crippen molar-refractivity contribution in [3.8, 4) is 92.4 Å². The summed E-state index contributed by atoms with van der Waals surface area (Å²) in [5.41, 5.74) is 50.8. The summed E-state index contributed by atoms with van der Waals surface area (Å²) in [5.74, 6) is 15.1. The predicted molar refractivity (Wildman–Crippen MR) is 519 cm³/mol. The molecule has 4 spiro atoms. The lowest BCUT2D eigenvalue weighted by Crippen LogP contribution is -2.42. The molecule has 8 fully saturated rings. The van der Waals surface area contributed by atoms with Crippen LogP contribution >= 0.6 is 0 Å². The number of hydrogen-bond acceptors (Lipinski definition) is 20. The van der Waals surface area contributed by atoms with Gasteiger partial charge in [-0.2, -0.15) is 67.1 Å². The van der Waals surface area contributed by atoms with Crippen molar-refractivity contribution in [3.63, 3.8) is 0 Å². The van der Waals surface area contributed by atoms with Crippen LogP contribution < -0.4 is 45.9 Å². The fraction of sp³-hybridized carbons (Fsp3) is 0.373. The second kappa shape index (κ2) is 40.6. The lowest BCUT2D eigenvalue weighted by atomic mass is 9.65. The molecule has 0 atom stereocenters. The second-order valence-corrected chi connectivity index (χ2v) is 38.9. The monoisotopic (exact) mass is 2040 g/mol. The van der Waals surface area contributed by atoms with Crippen LogP contribution in [0.5, 0.6) is 0 Å². The van der Waals surface area contributed by atoms with Gasteiger partial charge in [0.15, 0.2) is 0 Å². The van der Waals surface area contributed by atoms with Crippen molar-refractivity contribution in [1.82, 2.24) is 97.8 Å². The summed E-state index contributed by atoms with van der Waals surface area (Å²) < 4.78 is 145. The molecule has 36 nitrogen and oxygen atoms in total. The van der Waals surface area contributed by atoms with Gasteiger partial charge in [0, 0.05) is 99.4 Å². The number of primary amides is 4. The zero-order valence-corrected chi connectivity index (χ0v) is 80.6. The Hall–Kier alpha value is -16.9. The average molecular weight is 2040 g/mol. The number of likely N-dealkylation sites (tertiary alicyclic amines) is 4. The number of nitrogen functional groups attached to an aromatic ring is 4. The van der Waals surface area contributed by atoms with Crippen LogP contribution in [0.2, 0.25) is 0 Å². The van der Waals surface area contributed by atoms with Crippen LogP contribution in [0.15, 0.2) is 135 Å². The number of hydrogen-bond donors (Lipinski definition) is 8.